The molecule has 1 aromatic carbocycles. The Bertz CT molecular complexity index is 836. The molecule has 1 atom stereocenters. The van der Waals surface area contributed by atoms with Crippen molar-refractivity contribution in [1.29, 1.82) is 0 Å². The summed E-state index contributed by atoms with van der Waals surface area (Å²) in [5.41, 5.74) is 2.20. The van der Waals surface area contributed by atoms with Gasteiger partial charge in [-0.3, -0.25) is 9.48 Å². The molecule has 1 N–H and O–H groups in total. The summed E-state index contributed by atoms with van der Waals surface area (Å²) >= 11 is 0. The number of nitrogens with zero attached hydrogens (tertiary/aromatic N) is 4. The van der Waals surface area contributed by atoms with Crippen molar-refractivity contribution < 1.29 is 9.21 Å². The summed E-state index contributed by atoms with van der Waals surface area (Å²) in [7, 11) is 1.76. The molecule has 3 heterocycles. The van der Waals surface area contributed by atoms with Crippen LogP contribution in [0.25, 0.3) is 11.1 Å². The second-order valence-electron chi connectivity index (χ2n) is 6.06. The van der Waals surface area contributed by atoms with Crippen LogP contribution in [0.15, 0.2) is 40.9 Å². The number of para-hydroxylation sites is 2. The van der Waals surface area contributed by atoms with Crippen molar-refractivity contribution in [2.75, 3.05) is 18.0 Å². The molecule has 0 aliphatic carbocycles. The van der Waals surface area contributed by atoms with Crippen LogP contribution in [0.2, 0.25) is 0 Å². The van der Waals surface area contributed by atoms with E-state index in [0.717, 1.165) is 30.5 Å². The number of carbonyl (C=O) groups is 1. The fourth-order valence-corrected chi connectivity index (χ4v) is 3.12. The number of aryl methyl sites for hydroxylation is 1. The number of piperidine rings is 1. The van der Waals surface area contributed by atoms with Crippen LogP contribution < -0.4 is 10.2 Å². The van der Waals surface area contributed by atoms with Gasteiger partial charge in [0.2, 0.25) is 0 Å². The van der Waals surface area contributed by atoms with Crippen LogP contribution in [0.5, 0.6) is 0 Å². The van der Waals surface area contributed by atoms with Gasteiger partial charge in [0.15, 0.2) is 5.58 Å². The fourth-order valence-electron chi connectivity index (χ4n) is 3.12. The van der Waals surface area contributed by atoms with Crippen molar-refractivity contribution in [2.45, 2.75) is 18.9 Å². The third-order valence-corrected chi connectivity index (χ3v) is 4.36. The lowest BCUT2D eigenvalue weighted by atomic mass is 10.1. The Morgan fingerprint density at radius 1 is 1.33 bits per heavy atom. The number of hydrogen-bond acceptors (Lipinski definition) is 5. The fraction of sp³-hybridized carbons (Fsp3) is 0.353. The Labute approximate surface area is 139 Å². The van der Waals surface area contributed by atoms with Gasteiger partial charge in [-0.1, -0.05) is 12.1 Å². The third kappa shape index (κ3) is 2.73. The van der Waals surface area contributed by atoms with E-state index in [1.54, 1.807) is 24.0 Å². The van der Waals surface area contributed by atoms with Crippen LogP contribution in [0.4, 0.5) is 6.01 Å². The quantitative estimate of drug-likeness (QED) is 0.796. The summed E-state index contributed by atoms with van der Waals surface area (Å²) in [6, 6.07) is 10.1. The van der Waals surface area contributed by atoms with E-state index in [2.05, 4.69) is 20.3 Å². The van der Waals surface area contributed by atoms with Crippen molar-refractivity contribution in [3.63, 3.8) is 0 Å². The zero-order valence-corrected chi connectivity index (χ0v) is 13.5. The van der Waals surface area contributed by atoms with Crippen LogP contribution in [-0.4, -0.2) is 39.8 Å². The number of amides is 1. The summed E-state index contributed by atoms with van der Waals surface area (Å²) in [6.45, 7) is 1.57. The van der Waals surface area contributed by atoms with Gasteiger partial charge in [0.05, 0.1) is 0 Å². The first-order valence-electron chi connectivity index (χ1n) is 8.10. The number of fused-ring (bicyclic) bond motifs is 1. The zero-order chi connectivity index (χ0) is 16.5. The molecule has 1 unspecified atom stereocenters. The highest BCUT2D eigenvalue weighted by Gasteiger charge is 2.25. The molecule has 4 rings (SSSR count). The molecule has 0 bridgehead atoms. The Kier molecular flexibility index (Phi) is 3.68. The molecule has 0 saturated carbocycles. The molecule has 124 valence electrons. The Balaban J connectivity index is 1.47. The van der Waals surface area contributed by atoms with E-state index < -0.39 is 0 Å². The minimum Gasteiger partial charge on any atom is -0.423 e. The lowest BCUT2D eigenvalue weighted by molar-refractivity contribution is 0.0923. The summed E-state index contributed by atoms with van der Waals surface area (Å²) in [6.07, 6.45) is 3.55. The Hall–Kier alpha value is -2.83. The average molecular weight is 325 g/mol. The second-order valence-corrected chi connectivity index (χ2v) is 6.06. The average Bonchev–Trinajstić information content (AvgIpc) is 3.21. The molecular weight excluding hydrogens is 306 g/mol. The van der Waals surface area contributed by atoms with Gasteiger partial charge in [0, 0.05) is 32.4 Å². The summed E-state index contributed by atoms with van der Waals surface area (Å²) in [5, 5.41) is 7.12. The monoisotopic (exact) mass is 325 g/mol. The van der Waals surface area contributed by atoms with Crippen LogP contribution in [0.3, 0.4) is 0 Å². The minimum absolute atomic E-state index is 0.0659. The number of oxazole rings is 1. The van der Waals surface area contributed by atoms with E-state index in [1.165, 1.54) is 0 Å². The van der Waals surface area contributed by atoms with Gasteiger partial charge >= 0.3 is 0 Å². The van der Waals surface area contributed by atoms with Crippen LogP contribution in [0, 0.1) is 0 Å². The van der Waals surface area contributed by atoms with Gasteiger partial charge in [-0.15, -0.1) is 0 Å². The highest BCUT2D eigenvalue weighted by molar-refractivity contribution is 5.92. The smallest absolute Gasteiger partial charge is 0.298 e. The number of carbonyl (C=O) groups excluding carboxylic acids is 1. The third-order valence-electron chi connectivity index (χ3n) is 4.36. The number of nitrogens with one attached hydrogen (secondary N) is 1. The summed E-state index contributed by atoms with van der Waals surface area (Å²) in [5.74, 6) is -0.0978. The van der Waals surface area contributed by atoms with Crippen LogP contribution in [0.1, 0.15) is 23.3 Å². The molecule has 7 heteroatoms. The van der Waals surface area contributed by atoms with E-state index in [0.29, 0.717) is 18.3 Å². The number of aromatic nitrogens is 3. The number of rotatable bonds is 3. The number of benzene rings is 1. The van der Waals surface area contributed by atoms with Crippen molar-refractivity contribution in [3.05, 3.63) is 42.2 Å². The molecule has 1 aliphatic rings. The topological polar surface area (TPSA) is 76.2 Å². The molecule has 1 fully saturated rings. The highest BCUT2D eigenvalue weighted by Crippen LogP contribution is 2.24. The van der Waals surface area contributed by atoms with Gasteiger partial charge in [0.1, 0.15) is 11.2 Å². The molecule has 1 aliphatic heterocycles. The van der Waals surface area contributed by atoms with Gasteiger partial charge in [-0.25, -0.2) is 0 Å². The molecule has 24 heavy (non-hydrogen) atoms. The predicted octanol–water partition coefficient (Wildman–Crippen LogP) is 1.96. The van der Waals surface area contributed by atoms with Gasteiger partial charge in [-0.05, 0) is 31.0 Å². The first-order valence-corrected chi connectivity index (χ1v) is 8.10. The first kappa shape index (κ1) is 14.7. The maximum atomic E-state index is 12.3. The zero-order valence-electron chi connectivity index (χ0n) is 13.5. The Morgan fingerprint density at radius 3 is 3.00 bits per heavy atom. The summed E-state index contributed by atoms with van der Waals surface area (Å²) in [4.78, 5) is 19.0. The van der Waals surface area contributed by atoms with E-state index in [4.69, 9.17) is 4.42 Å². The second kappa shape index (κ2) is 5.99. The maximum absolute atomic E-state index is 12.3. The first-order chi connectivity index (χ1) is 11.7. The SMILES string of the molecule is Cn1nccc1C(=O)NC1CCCN(c2nc3ccccc3o2)C1. The largest absolute Gasteiger partial charge is 0.423 e. The minimum atomic E-state index is -0.0978. The maximum Gasteiger partial charge on any atom is 0.298 e. The molecular formula is C17H19N5O2. The van der Waals surface area contributed by atoms with Gasteiger partial charge in [-0.2, -0.15) is 10.1 Å². The molecule has 1 saturated heterocycles. The molecule has 3 aromatic rings. The molecule has 7 nitrogen and oxygen atoms in total. The van der Waals surface area contributed by atoms with Crippen LogP contribution in [-0.2, 0) is 7.05 Å². The van der Waals surface area contributed by atoms with Crippen molar-refractivity contribution in [3.8, 4) is 0 Å². The highest BCUT2D eigenvalue weighted by atomic mass is 16.4. The van der Waals surface area contributed by atoms with Crippen molar-refractivity contribution in [2.24, 2.45) is 7.05 Å². The number of anilines is 1. The van der Waals surface area contributed by atoms with E-state index >= 15 is 0 Å². The lowest BCUT2D eigenvalue weighted by Crippen LogP contribution is -2.48. The van der Waals surface area contributed by atoms with Crippen molar-refractivity contribution >= 4 is 23.0 Å². The summed E-state index contributed by atoms with van der Waals surface area (Å²) < 4.78 is 7.42. The van der Waals surface area contributed by atoms with Crippen LogP contribution >= 0.6 is 0 Å². The van der Waals surface area contributed by atoms with Gasteiger partial charge < -0.3 is 14.6 Å². The van der Waals surface area contributed by atoms with E-state index in [1.807, 2.05) is 24.3 Å². The predicted molar refractivity (Wildman–Crippen MR) is 89.9 cm³/mol. The standard InChI is InChI=1S/C17H19N5O2/c1-21-14(8-9-18-21)16(23)19-12-5-4-10-22(11-12)17-20-13-6-2-3-7-15(13)24-17/h2-3,6-9,12H,4-5,10-11H2,1H3,(H,19,23). The number of hydrogen-bond donors (Lipinski definition) is 1. The normalized spacial score (nSPS) is 18.0. The van der Waals surface area contributed by atoms with Crippen molar-refractivity contribution in [1.82, 2.24) is 20.1 Å². The molecule has 2 aromatic heterocycles. The van der Waals surface area contributed by atoms with Gasteiger partial charge in [0.25, 0.3) is 11.9 Å². The lowest BCUT2D eigenvalue weighted by Gasteiger charge is -2.32. The molecule has 0 radical (unpaired) electrons. The van der Waals surface area contributed by atoms with E-state index in [-0.39, 0.29) is 11.9 Å². The van der Waals surface area contributed by atoms with E-state index in [9.17, 15) is 4.79 Å². The molecule has 1 amide bonds. The molecule has 0 spiro atoms. The Morgan fingerprint density at radius 2 is 2.21 bits per heavy atom.